The normalized spacial score (nSPS) is 16.0. The Kier molecular flexibility index (Phi) is 2.47. The first-order valence-corrected chi connectivity index (χ1v) is 9.05. The lowest BCUT2D eigenvalue weighted by Crippen LogP contribution is -2.16. The molecule has 0 aliphatic heterocycles. The van der Waals surface area contributed by atoms with Crippen molar-refractivity contribution in [3.05, 3.63) is 17.5 Å². The Morgan fingerprint density at radius 2 is 2.07 bits per heavy atom. The van der Waals surface area contributed by atoms with Crippen molar-refractivity contribution in [1.29, 1.82) is 0 Å². The quantitative estimate of drug-likeness (QED) is 0.523. The van der Waals surface area contributed by atoms with Gasteiger partial charge in [0.2, 0.25) is 0 Å². The van der Waals surface area contributed by atoms with E-state index in [1.54, 1.807) is 0 Å². The summed E-state index contributed by atoms with van der Waals surface area (Å²) in [6.45, 7) is 8.84. The van der Waals surface area contributed by atoms with Crippen LogP contribution >= 0.6 is 0 Å². The van der Waals surface area contributed by atoms with Gasteiger partial charge in [0.25, 0.3) is 0 Å². The van der Waals surface area contributed by atoms with Gasteiger partial charge < -0.3 is 0 Å². The molecule has 2 rings (SSSR count). The first kappa shape index (κ1) is 10.5. The molecule has 1 fully saturated rings. The summed E-state index contributed by atoms with van der Waals surface area (Å²) in [5.74, 6) is 3.28. The van der Waals surface area contributed by atoms with Crippen molar-refractivity contribution in [3.8, 4) is 11.5 Å². The molecule has 0 amide bonds. The zero-order valence-electron chi connectivity index (χ0n) is 9.96. The Hall–Kier alpha value is -1.01. The highest BCUT2D eigenvalue weighted by Crippen LogP contribution is 2.34. The summed E-state index contributed by atoms with van der Waals surface area (Å²) < 4.78 is 2.09. The van der Waals surface area contributed by atoms with Gasteiger partial charge in [-0.2, -0.15) is 5.10 Å². The van der Waals surface area contributed by atoms with Crippen molar-refractivity contribution in [3.63, 3.8) is 0 Å². The third-order valence-corrected chi connectivity index (χ3v) is 3.28. The predicted octanol–water partition coefficient (Wildman–Crippen LogP) is 2.76. The molecule has 1 aliphatic carbocycles. The Morgan fingerprint density at radius 1 is 1.40 bits per heavy atom. The molecule has 1 saturated carbocycles. The van der Waals surface area contributed by atoms with E-state index in [4.69, 9.17) is 0 Å². The van der Waals surface area contributed by atoms with Gasteiger partial charge in [0, 0.05) is 6.20 Å². The van der Waals surface area contributed by atoms with E-state index in [-0.39, 0.29) is 0 Å². The predicted molar refractivity (Wildman–Crippen MR) is 65.5 cm³/mol. The van der Waals surface area contributed by atoms with E-state index in [0.717, 1.165) is 11.3 Å². The molecule has 0 unspecified atom stereocenters. The van der Waals surface area contributed by atoms with Crippen LogP contribution in [0.2, 0.25) is 19.6 Å². The molecule has 1 heterocycles. The van der Waals surface area contributed by atoms with Crippen molar-refractivity contribution in [2.45, 2.75) is 45.4 Å². The summed E-state index contributed by atoms with van der Waals surface area (Å²) in [5, 5.41) is 4.50. The minimum Gasteiger partial charge on any atom is -0.268 e. The average Bonchev–Trinajstić information content (AvgIpc) is 2.87. The van der Waals surface area contributed by atoms with Crippen molar-refractivity contribution in [2.24, 2.45) is 0 Å². The Labute approximate surface area is 92.7 Å². The lowest BCUT2D eigenvalue weighted by atomic mass is 10.3. The Morgan fingerprint density at radius 3 is 2.60 bits per heavy atom. The topological polar surface area (TPSA) is 17.8 Å². The maximum Gasteiger partial charge on any atom is 0.129 e. The fourth-order valence-corrected chi connectivity index (χ4v) is 1.89. The summed E-state index contributed by atoms with van der Waals surface area (Å²) in [5.41, 5.74) is 5.58. The van der Waals surface area contributed by atoms with Gasteiger partial charge in [0.05, 0.1) is 17.3 Å². The maximum absolute atomic E-state index is 4.50. The van der Waals surface area contributed by atoms with Gasteiger partial charge in [-0.25, -0.2) is 0 Å². The maximum atomic E-state index is 4.50. The van der Waals surface area contributed by atoms with Crippen molar-refractivity contribution >= 4 is 8.07 Å². The number of aryl methyl sites for hydroxylation is 1. The van der Waals surface area contributed by atoms with Gasteiger partial charge in [-0.15, -0.1) is 5.54 Å². The van der Waals surface area contributed by atoms with Gasteiger partial charge in [-0.1, -0.05) is 25.6 Å². The van der Waals surface area contributed by atoms with Crippen LogP contribution in [0.4, 0.5) is 0 Å². The monoisotopic (exact) mass is 218 g/mol. The van der Waals surface area contributed by atoms with Gasteiger partial charge in [0.15, 0.2) is 0 Å². The highest BCUT2D eigenvalue weighted by atomic mass is 28.3. The van der Waals surface area contributed by atoms with Crippen molar-refractivity contribution in [1.82, 2.24) is 9.78 Å². The zero-order chi connectivity index (χ0) is 11.1. The highest BCUT2D eigenvalue weighted by molar-refractivity contribution is 6.83. The summed E-state index contributed by atoms with van der Waals surface area (Å²) in [6, 6.07) is 0.658. The van der Waals surface area contributed by atoms with E-state index >= 15 is 0 Å². The lowest BCUT2D eigenvalue weighted by Gasteiger charge is -2.02. The third-order valence-electron chi connectivity index (χ3n) is 2.41. The third kappa shape index (κ3) is 2.72. The summed E-state index contributed by atoms with van der Waals surface area (Å²) in [4.78, 5) is 0. The Bertz CT molecular complexity index is 425. The molecule has 2 nitrogen and oxygen atoms in total. The number of aromatic nitrogens is 2. The minimum atomic E-state index is -1.26. The first-order chi connectivity index (χ1) is 6.96. The molecule has 3 heteroatoms. The Balaban J connectivity index is 2.23. The van der Waals surface area contributed by atoms with Crippen LogP contribution in [0.3, 0.4) is 0 Å². The summed E-state index contributed by atoms with van der Waals surface area (Å²) in [6.07, 6.45) is 4.67. The second kappa shape index (κ2) is 3.53. The highest BCUT2D eigenvalue weighted by Gasteiger charge is 2.24. The smallest absolute Gasteiger partial charge is 0.129 e. The van der Waals surface area contributed by atoms with Crippen molar-refractivity contribution in [2.75, 3.05) is 0 Å². The van der Waals surface area contributed by atoms with E-state index < -0.39 is 8.07 Å². The molecule has 80 valence electrons. The van der Waals surface area contributed by atoms with E-state index in [1.165, 1.54) is 12.8 Å². The average molecular weight is 218 g/mol. The second-order valence-corrected chi connectivity index (χ2v) is 10.1. The number of hydrogen-bond acceptors (Lipinski definition) is 1. The fraction of sp³-hybridized carbons (Fsp3) is 0.583. The first-order valence-electron chi connectivity index (χ1n) is 5.55. The number of hydrogen-bond donors (Lipinski definition) is 0. The lowest BCUT2D eigenvalue weighted by molar-refractivity contribution is 0.635. The van der Waals surface area contributed by atoms with E-state index in [0.29, 0.717) is 6.04 Å². The second-order valence-electron chi connectivity index (χ2n) is 5.34. The van der Waals surface area contributed by atoms with E-state index in [9.17, 15) is 0 Å². The van der Waals surface area contributed by atoms with Gasteiger partial charge in [-0.3, -0.25) is 4.68 Å². The van der Waals surface area contributed by atoms with Gasteiger partial charge in [0.1, 0.15) is 8.07 Å². The van der Waals surface area contributed by atoms with Crippen LogP contribution in [0.5, 0.6) is 0 Å². The molecule has 0 saturated heterocycles. The van der Waals surface area contributed by atoms with Gasteiger partial charge in [-0.05, 0) is 19.8 Å². The summed E-state index contributed by atoms with van der Waals surface area (Å²) >= 11 is 0. The standard InChI is InChI=1S/C12H18N2Si/c1-10-11(7-8-15(2,3)4)9-14(13-10)12-5-6-12/h9,12H,5-6H2,1-4H3. The van der Waals surface area contributed by atoms with Crippen LogP contribution in [0.15, 0.2) is 6.20 Å². The summed E-state index contributed by atoms with van der Waals surface area (Å²) in [7, 11) is -1.26. The molecule has 0 bridgehead atoms. The molecule has 0 atom stereocenters. The van der Waals surface area contributed by atoms with E-state index in [1.807, 2.05) is 6.92 Å². The molecule has 0 N–H and O–H groups in total. The van der Waals surface area contributed by atoms with Crippen molar-refractivity contribution < 1.29 is 0 Å². The van der Waals surface area contributed by atoms with Gasteiger partial charge >= 0.3 is 0 Å². The molecular formula is C12H18N2Si. The minimum absolute atomic E-state index is 0.658. The molecular weight excluding hydrogens is 200 g/mol. The van der Waals surface area contributed by atoms with Crippen LogP contribution in [0, 0.1) is 18.4 Å². The molecule has 1 aliphatic rings. The molecule has 0 radical (unpaired) electrons. The van der Waals surface area contributed by atoms with Crippen LogP contribution in [0.1, 0.15) is 30.1 Å². The van der Waals surface area contributed by atoms with Crippen LogP contribution in [0.25, 0.3) is 0 Å². The zero-order valence-corrected chi connectivity index (χ0v) is 11.0. The van der Waals surface area contributed by atoms with Crippen LogP contribution in [-0.2, 0) is 0 Å². The largest absolute Gasteiger partial charge is 0.268 e. The molecule has 1 aromatic rings. The number of nitrogens with zero attached hydrogens (tertiary/aromatic N) is 2. The van der Waals surface area contributed by atoms with Crippen LogP contribution in [-0.4, -0.2) is 17.9 Å². The molecule has 0 aromatic carbocycles. The van der Waals surface area contributed by atoms with E-state index in [2.05, 4.69) is 47.1 Å². The molecule has 1 aromatic heterocycles. The van der Waals surface area contributed by atoms with Crippen LogP contribution < -0.4 is 0 Å². The fourth-order valence-electron chi connectivity index (χ4n) is 1.39. The number of rotatable bonds is 1. The molecule has 0 spiro atoms. The molecule has 15 heavy (non-hydrogen) atoms. The SMILES string of the molecule is Cc1nn(C2CC2)cc1C#C[Si](C)(C)C.